The molecule has 1 aliphatic carbocycles. The minimum absolute atomic E-state index is 0.516. The lowest BCUT2D eigenvalue weighted by atomic mass is 9.95. The number of nitrogens with two attached hydrogens (primary N) is 1. The van der Waals surface area contributed by atoms with E-state index < -0.39 is 0 Å². The van der Waals surface area contributed by atoms with Crippen molar-refractivity contribution in [2.75, 3.05) is 5.73 Å². The van der Waals surface area contributed by atoms with Gasteiger partial charge in [-0.05, 0) is 55.5 Å². The van der Waals surface area contributed by atoms with Crippen molar-refractivity contribution in [3.05, 3.63) is 39.7 Å². The Kier molecular flexibility index (Phi) is 3.39. The molecule has 0 fully saturated rings. The van der Waals surface area contributed by atoms with Gasteiger partial charge in [0, 0.05) is 15.5 Å². The van der Waals surface area contributed by atoms with Crippen LogP contribution in [0.1, 0.15) is 23.3 Å². The molecule has 0 aliphatic heterocycles. The van der Waals surface area contributed by atoms with Crippen molar-refractivity contribution in [3.63, 3.8) is 0 Å². The number of rotatable bonds is 2. The molecule has 0 saturated heterocycles. The van der Waals surface area contributed by atoms with E-state index in [2.05, 4.69) is 10.1 Å². The largest absolute Gasteiger partial charge is 0.390 e. The van der Waals surface area contributed by atoms with Crippen LogP contribution in [0.2, 0.25) is 5.02 Å². The van der Waals surface area contributed by atoms with E-state index in [4.69, 9.17) is 21.9 Å². The number of benzene rings is 1. The number of fused-ring (bicyclic) bond motifs is 1. The predicted molar refractivity (Wildman–Crippen MR) is 89.1 cm³/mol. The molecule has 2 N–H and O–H groups in total. The van der Waals surface area contributed by atoms with Crippen LogP contribution in [0.5, 0.6) is 0 Å². The van der Waals surface area contributed by atoms with Crippen LogP contribution < -0.4 is 5.73 Å². The average Bonchev–Trinajstić information content (AvgIpc) is 3.11. The van der Waals surface area contributed by atoms with Crippen molar-refractivity contribution in [1.29, 1.82) is 0 Å². The number of thiophene rings is 1. The number of aryl methyl sites for hydroxylation is 1. The first kappa shape index (κ1) is 13.8. The maximum atomic E-state index is 6.19. The summed E-state index contributed by atoms with van der Waals surface area (Å²) in [7, 11) is 0. The number of nitrogen functional groups attached to an aromatic ring is 1. The van der Waals surface area contributed by atoms with Gasteiger partial charge in [0.25, 0.3) is 5.89 Å². The van der Waals surface area contributed by atoms with Crippen molar-refractivity contribution in [2.45, 2.75) is 25.7 Å². The predicted octanol–water partition coefficient (Wildman–Crippen LogP) is 4.58. The fraction of sp³-hybridized carbons (Fsp3) is 0.250. The van der Waals surface area contributed by atoms with Gasteiger partial charge in [0.05, 0.1) is 10.6 Å². The van der Waals surface area contributed by atoms with Gasteiger partial charge in [0.1, 0.15) is 0 Å². The van der Waals surface area contributed by atoms with Crippen molar-refractivity contribution in [1.82, 2.24) is 10.1 Å². The maximum Gasteiger partial charge on any atom is 0.261 e. The normalized spacial score (nSPS) is 14.0. The van der Waals surface area contributed by atoms with E-state index in [-0.39, 0.29) is 0 Å². The van der Waals surface area contributed by atoms with Gasteiger partial charge in [-0.2, -0.15) is 4.98 Å². The molecule has 2 heterocycles. The molecule has 0 atom stereocenters. The fourth-order valence-corrected chi connectivity index (χ4v) is 4.14. The number of hydrogen-bond acceptors (Lipinski definition) is 5. The summed E-state index contributed by atoms with van der Waals surface area (Å²) in [4.78, 5) is 5.89. The minimum Gasteiger partial charge on any atom is -0.390 e. The third-order valence-corrected chi connectivity index (χ3v) is 5.31. The molecule has 0 unspecified atom stereocenters. The third kappa shape index (κ3) is 2.30. The van der Waals surface area contributed by atoms with Crippen LogP contribution in [0.4, 0.5) is 5.00 Å². The zero-order valence-electron chi connectivity index (χ0n) is 11.8. The van der Waals surface area contributed by atoms with Crippen molar-refractivity contribution in [2.24, 2.45) is 0 Å². The lowest BCUT2D eigenvalue weighted by Gasteiger charge is -2.10. The quantitative estimate of drug-likeness (QED) is 0.746. The Labute approximate surface area is 136 Å². The smallest absolute Gasteiger partial charge is 0.261 e. The van der Waals surface area contributed by atoms with E-state index in [0.717, 1.165) is 29.0 Å². The van der Waals surface area contributed by atoms with Crippen LogP contribution >= 0.6 is 22.9 Å². The van der Waals surface area contributed by atoms with Crippen LogP contribution in [0.25, 0.3) is 22.8 Å². The van der Waals surface area contributed by atoms with Crippen molar-refractivity contribution >= 4 is 27.9 Å². The monoisotopic (exact) mass is 331 g/mol. The van der Waals surface area contributed by atoms with Crippen molar-refractivity contribution < 1.29 is 4.52 Å². The molecule has 0 saturated carbocycles. The molecule has 0 amide bonds. The second-order valence-electron chi connectivity index (χ2n) is 5.38. The standard InChI is InChI=1S/C16H14ClN3OS/c17-10-7-5-9(6-8-10)15-19-16(21-20-15)13-11-3-1-2-4-12(11)22-14(13)18/h5-8H,1-4,18H2. The Morgan fingerprint density at radius 3 is 2.73 bits per heavy atom. The van der Waals surface area contributed by atoms with Gasteiger partial charge in [0.15, 0.2) is 0 Å². The van der Waals surface area contributed by atoms with Gasteiger partial charge in [-0.3, -0.25) is 0 Å². The first-order valence-corrected chi connectivity index (χ1v) is 8.42. The molecule has 0 spiro atoms. The molecule has 2 aromatic heterocycles. The zero-order valence-corrected chi connectivity index (χ0v) is 13.4. The van der Waals surface area contributed by atoms with Gasteiger partial charge in [0.2, 0.25) is 5.82 Å². The van der Waals surface area contributed by atoms with Crippen LogP contribution in [0.3, 0.4) is 0 Å². The second-order valence-corrected chi connectivity index (χ2v) is 6.95. The molecule has 22 heavy (non-hydrogen) atoms. The number of aromatic nitrogens is 2. The summed E-state index contributed by atoms with van der Waals surface area (Å²) in [5.41, 5.74) is 9.30. The molecule has 4 rings (SSSR count). The first-order valence-electron chi connectivity index (χ1n) is 7.22. The molecular weight excluding hydrogens is 318 g/mol. The Bertz CT molecular complexity index is 823. The summed E-state index contributed by atoms with van der Waals surface area (Å²) in [6.45, 7) is 0. The first-order chi connectivity index (χ1) is 10.7. The SMILES string of the molecule is Nc1sc2c(c1-c1nc(-c3ccc(Cl)cc3)no1)CCCC2. The van der Waals surface area contributed by atoms with Gasteiger partial charge in [-0.1, -0.05) is 16.8 Å². The number of hydrogen-bond donors (Lipinski definition) is 1. The average molecular weight is 332 g/mol. The molecule has 1 aliphatic rings. The van der Waals surface area contributed by atoms with Gasteiger partial charge >= 0.3 is 0 Å². The van der Waals surface area contributed by atoms with Gasteiger partial charge in [-0.15, -0.1) is 11.3 Å². The van der Waals surface area contributed by atoms with Crippen LogP contribution in [-0.2, 0) is 12.8 Å². The van der Waals surface area contributed by atoms with Gasteiger partial charge in [-0.25, -0.2) is 0 Å². The fourth-order valence-electron chi connectivity index (χ4n) is 2.86. The lowest BCUT2D eigenvalue weighted by Crippen LogP contribution is -1.99. The van der Waals surface area contributed by atoms with Gasteiger partial charge < -0.3 is 10.3 Å². The Morgan fingerprint density at radius 1 is 1.14 bits per heavy atom. The van der Waals surface area contributed by atoms with E-state index >= 15 is 0 Å². The van der Waals surface area contributed by atoms with E-state index in [1.54, 1.807) is 11.3 Å². The summed E-state index contributed by atoms with van der Waals surface area (Å²) in [6, 6.07) is 7.38. The summed E-state index contributed by atoms with van der Waals surface area (Å²) < 4.78 is 5.47. The third-order valence-electron chi connectivity index (χ3n) is 3.94. The van der Waals surface area contributed by atoms with E-state index in [0.29, 0.717) is 16.7 Å². The highest BCUT2D eigenvalue weighted by Gasteiger charge is 2.24. The summed E-state index contributed by atoms with van der Waals surface area (Å²) >= 11 is 7.56. The molecule has 0 bridgehead atoms. The summed E-state index contributed by atoms with van der Waals surface area (Å²) in [5, 5.41) is 5.54. The number of nitrogens with zero attached hydrogens (tertiary/aromatic N) is 2. The Balaban J connectivity index is 1.76. The van der Waals surface area contributed by atoms with E-state index in [9.17, 15) is 0 Å². The lowest BCUT2D eigenvalue weighted by molar-refractivity contribution is 0.432. The van der Waals surface area contributed by atoms with E-state index in [1.165, 1.54) is 23.3 Å². The van der Waals surface area contributed by atoms with Crippen LogP contribution in [-0.4, -0.2) is 10.1 Å². The highest BCUT2D eigenvalue weighted by atomic mass is 35.5. The van der Waals surface area contributed by atoms with E-state index in [1.807, 2.05) is 24.3 Å². The molecule has 112 valence electrons. The maximum absolute atomic E-state index is 6.19. The zero-order chi connectivity index (χ0) is 15.1. The van der Waals surface area contributed by atoms with Crippen molar-refractivity contribution in [3.8, 4) is 22.8 Å². The molecule has 6 heteroatoms. The molecular formula is C16H14ClN3OS. The topological polar surface area (TPSA) is 64.9 Å². The molecule has 3 aromatic rings. The molecule has 1 aromatic carbocycles. The molecule has 4 nitrogen and oxygen atoms in total. The second kappa shape index (κ2) is 5.41. The molecule has 0 radical (unpaired) electrons. The highest BCUT2D eigenvalue weighted by Crippen LogP contribution is 2.42. The summed E-state index contributed by atoms with van der Waals surface area (Å²) in [5.74, 6) is 1.07. The number of halogens is 1. The minimum atomic E-state index is 0.516. The number of anilines is 1. The Hall–Kier alpha value is -1.85. The summed E-state index contributed by atoms with van der Waals surface area (Å²) in [6.07, 6.45) is 4.56. The van der Waals surface area contributed by atoms with Crippen LogP contribution in [0.15, 0.2) is 28.8 Å². The Morgan fingerprint density at radius 2 is 1.91 bits per heavy atom. The highest BCUT2D eigenvalue weighted by molar-refractivity contribution is 7.16. The van der Waals surface area contributed by atoms with Crippen LogP contribution in [0, 0.1) is 0 Å².